The van der Waals surface area contributed by atoms with Crippen LogP contribution in [0, 0.1) is 6.92 Å². The van der Waals surface area contributed by atoms with Crippen molar-refractivity contribution < 1.29 is 5.11 Å². The zero-order chi connectivity index (χ0) is 14.4. The molecule has 0 saturated heterocycles. The first-order valence-corrected chi connectivity index (χ1v) is 6.74. The molecule has 5 heteroatoms. The molecule has 20 heavy (non-hydrogen) atoms. The molecule has 1 heterocycles. The number of rotatable bonds is 6. The Balaban J connectivity index is 2.21. The Labute approximate surface area is 119 Å². The fourth-order valence-corrected chi connectivity index (χ4v) is 1.92. The summed E-state index contributed by atoms with van der Waals surface area (Å²) >= 11 is 0. The summed E-state index contributed by atoms with van der Waals surface area (Å²) in [7, 11) is 0. The van der Waals surface area contributed by atoms with E-state index in [9.17, 15) is 5.11 Å². The van der Waals surface area contributed by atoms with Crippen molar-refractivity contribution in [3.05, 3.63) is 47.7 Å². The summed E-state index contributed by atoms with van der Waals surface area (Å²) in [5, 5.41) is 15.9. The molecular formula is C15H20N4O. The van der Waals surface area contributed by atoms with E-state index in [-0.39, 0.29) is 12.6 Å². The molecule has 2 rings (SSSR count). The molecule has 1 aromatic heterocycles. The predicted octanol–water partition coefficient (Wildman–Crippen LogP) is 2.36. The van der Waals surface area contributed by atoms with Gasteiger partial charge in [-0.1, -0.05) is 30.3 Å². The average Bonchev–Trinajstić information content (AvgIpc) is 2.49. The van der Waals surface area contributed by atoms with Gasteiger partial charge in [-0.25, -0.2) is 4.98 Å². The summed E-state index contributed by atoms with van der Waals surface area (Å²) in [5.74, 6) is 1.32. The van der Waals surface area contributed by atoms with Crippen LogP contribution in [-0.4, -0.2) is 28.2 Å². The van der Waals surface area contributed by atoms with Gasteiger partial charge in [0.25, 0.3) is 0 Å². The highest BCUT2D eigenvalue weighted by atomic mass is 16.3. The number of aliphatic hydroxyl groups excluding tert-OH is 1. The van der Waals surface area contributed by atoms with E-state index in [0.29, 0.717) is 5.95 Å². The molecule has 0 amide bonds. The van der Waals surface area contributed by atoms with E-state index in [1.807, 2.05) is 44.2 Å². The Morgan fingerprint density at radius 3 is 2.65 bits per heavy atom. The second-order valence-electron chi connectivity index (χ2n) is 4.55. The lowest BCUT2D eigenvalue weighted by Crippen LogP contribution is -2.17. The molecule has 106 valence electrons. The summed E-state index contributed by atoms with van der Waals surface area (Å²) in [6.45, 7) is 4.71. The third kappa shape index (κ3) is 3.45. The minimum absolute atomic E-state index is 0.00396. The maximum Gasteiger partial charge on any atom is 0.224 e. The van der Waals surface area contributed by atoms with Gasteiger partial charge in [-0.15, -0.1) is 0 Å². The monoisotopic (exact) mass is 272 g/mol. The fourth-order valence-electron chi connectivity index (χ4n) is 1.92. The fraction of sp³-hybridized carbons (Fsp3) is 0.333. The van der Waals surface area contributed by atoms with Crippen molar-refractivity contribution in [2.45, 2.75) is 19.9 Å². The van der Waals surface area contributed by atoms with Crippen molar-refractivity contribution in [1.29, 1.82) is 0 Å². The van der Waals surface area contributed by atoms with E-state index < -0.39 is 0 Å². The van der Waals surface area contributed by atoms with Gasteiger partial charge in [-0.3, -0.25) is 0 Å². The number of aryl methyl sites for hydroxylation is 1. The number of hydrogen-bond donors (Lipinski definition) is 3. The van der Waals surface area contributed by atoms with Gasteiger partial charge >= 0.3 is 0 Å². The van der Waals surface area contributed by atoms with E-state index in [1.54, 1.807) is 6.20 Å². The van der Waals surface area contributed by atoms with Crippen molar-refractivity contribution >= 4 is 11.8 Å². The van der Waals surface area contributed by atoms with Crippen molar-refractivity contribution in [2.24, 2.45) is 0 Å². The first-order chi connectivity index (χ1) is 9.74. The van der Waals surface area contributed by atoms with Gasteiger partial charge in [0.1, 0.15) is 5.82 Å². The first kappa shape index (κ1) is 14.3. The zero-order valence-electron chi connectivity index (χ0n) is 11.8. The van der Waals surface area contributed by atoms with Crippen LogP contribution in [0.4, 0.5) is 11.8 Å². The molecular weight excluding hydrogens is 252 g/mol. The van der Waals surface area contributed by atoms with Gasteiger partial charge in [0.05, 0.1) is 12.6 Å². The molecule has 3 N–H and O–H groups in total. The van der Waals surface area contributed by atoms with Crippen LogP contribution in [0.25, 0.3) is 0 Å². The summed E-state index contributed by atoms with van der Waals surface area (Å²) < 4.78 is 0. The van der Waals surface area contributed by atoms with E-state index >= 15 is 0 Å². The minimum Gasteiger partial charge on any atom is -0.394 e. The van der Waals surface area contributed by atoms with Crippen molar-refractivity contribution in [1.82, 2.24) is 9.97 Å². The molecule has 0 fully saturated rings. The Kier molecular flexibility index (Phi) is 4.90. The number of aromatic nitrogens is 2. The van der Waals surface area contributed by atoms with Crippen LogP contribution >= 0.6 is 0 Å². The number of nitrogens with one attached hydrogen (secondary N) is 2. The van der Waals surface area contributed by atoms with Crippen molar-refractivity contribution in [2.75, 3.05) is 23.8 Å². The van der Waals surface area contributed by atoms with E-state index in [0.717, 1.165) is 23.5 Å². The second-order valence-corrected chi connectivity index (χ2v) is 4.55. The van der Waals surface area contributed by atoms with Crippen LogP contribution < -0.4 is 10.6 Å². The highest BCUT2D eigenvalue weighted by molar-refractivity contribution is 5.48. The van der Waals surface area contributed by atoms with Crippen LogP contribution in [-0.2, 0) is 0 Å². The summed E-state index contributed by atoms with van der Waals surface area (Å²) in [4.78, 5) is 8.64. The van der Waals surface area contributed by atoms with Gasteiger partial charge in [0, 0.05) is 18.3 Å². The lowest BCUT2D eigenvalue weighted by atomic mass is 10.1. The summed E-state index contributed by atoms with van der Waals surface area (Å²) in [5.41, 5.74) is 1.97. The van der Waals surface area contributed by atoms with Gasteiger partial charge in [0.2, 0.25) is 5.95 Å². The molecule has 0 aliphatic carbocycles. The maximum absolute atomic E-state index is 9.58. The third-order valence-corrected chi connectivity index (χ3v) is 3.00. The van der Waals surface area contributed by atoms with E-state index in [2.05, 4.69) is 20.6 Å². The lowest BCUT2D eigenvalue weighted by Gasteiger charge is -2.19. The molecule has 1 atom stereocenters. The molecule has 1 unspecified atom stereocenters. The third-order valence-electron chi connectivity index (χ3n) is 3.00. The molecule has 0 bridgehead atoms. The Morgan fingerprint density at radius 1 is 1.25 bits per heavy atom. The Bertz CT molecular complexity index is 545. The minimum atomic E-state index is -0.181. The van der Waals surface area contributed by atoms with Gasteiger partial charge in [-0.05, 0) is 19.4 Å². The summed E-state index contributed by atoms with van der Waals surface area (Å²) in [6, 6.07) is 9.65. The van der Waals surface area contributed by atoms with E-state index in [4.69, 9.17) is 0 Å². The largest absolute Gasteiger partial charge is 0.394 e. The smallest absolute Gasteiger partial charge is 0.224 e. The number of hydrogen-bond acceptors (Lipinski definition) is 5. The van der Waals surface area contributed by atoms with Crippen LogP contribution in [0.15, 0.2) is 36.5 Å². The van der Waals surface area contributed by atoms with Crippen molar-refractivity contribution in [3.63, 3.8) is 0 Å². The Morgan fingerprint density at radius 2 is 2.00 bits per heavy atom. The number of nitrogens with zero attached hydrogens (tertiary/aromatic N) is 2. The summed E-state index contributed by atoms with van der Waals surface area (Å²) in [6.07, 6.45) is 1.77. The molecule has 0 radical (unpaired) electrons. The van der Waals surface area contributed by atoms with Crippen molar-refractivity contribution in [3.8, 4) is 0 Å². The quantitative estimate of drug-likeness (QED) is 0.753. The Hall–Kier alpha value is -2.14. The van der Waals surface area contributed by atoms with Gasteiger partial charge < -0.3 is 15.7 Å². The van der Waals surface area contributed by atoms with Gasteiger partial charge in [0.15, 0.2) is 0 Å². The van der Waals surface area contributed by atoms with E-state index in [1.165, 1.54) is 0 Å². The number of aliphatic hydroxyl groups is 1. The maximum atomic E-state index is 9.58. The molecule has 0 aliphatic heterocycles. The highest BCUT2D eigenvalue weighted by Crippen LogP contribution is 2.20. The molecule has 2 aromatic rings. The average molecular weight is 272 g/mol. The van der Waals surface area contributed by atoms with Crippen LogP contribution in [0.1, 0.15) is 24.1 Å². The molecule has 0 aliphatic rings. The number of benzene rings is 1. The van der Waals surface area contributed by atoms with Crippen LogP contribution in [0.5, 0.6) is 0 Å². The molecule has 0 saturated carbocycles. The topological polar surface area (TPSA) is 70.1 Å². The lowest BCUT2D eigenvalue weighted by molar-refractivity contribution is 0.276. The first-order valence-electron chi connectivity index (χ1n) is 6.74. The molecule has 5 nitrogen and oxygen atoms in total. The second kappa shape index (κ2) is 6.86. The normalized spacial score (nSPS) is 11.9. The van der Waals surface area contributed by atoms with Crippen LogP contribution in [0.2, 0.25) is 0 Å². The zero-order valence-corrected chi connectivity index (χ0v) is 11.8. The SMILES string of the molecule is CCNc1ncc(C)c(NC(CO)c2ccccc2)n1. The molecule has 1 aromatic carbocycles. The van der Waals surface area contributed by atoms with Crippen LogP contribution in [0.3, 0.4) is 0 Å². The predicted molar refractivity (Wildman–Crippen MR) is 80.8 cm³/mol. The highest BCUT2D eigenvalue weighted by Gasteiger charge is 2.12. The molecule has 0 spiro atoms. The number of anilines is 2. The standard InChI is InChI=1S/C15H20N4O/c1-3-16-15-17-9-11(2)14(19-15)18-13(10-20)12-7-5-4-6-8-12/h4-9,13,20H,3,10H2,1-2H3,(H2,16,17,18,19). The van der Waals surface area contributed by atoms with Gasteiger partial charge in [-0.2, -0.15) is 4.98 Å².